The van der Waals surface area contributed by atoms with E-state index in [0.717, 1.165) is 5.75 Å². The van der Waals surface area contributed by atoms with Gasteiger partial charge in [0.05, 0.1) is 6.04 Å². The first-order valence-corrected chi connectivity index (χ1v) is 6.36. The monoisotopic (exact) mass is 234 g/mol. The fourth-order valence-electron chi connectivity index (χ4n) is 1.05. The standard InChI is InChI=1S/C10H22N2O2S/c1-7(2)12-9(10(11)14)6-15-5-8(3)4-13/h7-9,12-13H,4-6H2,1-3H3,(H2,11,14). The Morgan fingerprint density at radius 1 is 1.40 bits per heavy atom. The normalized spacial score (nSPS) is 15.3. The second-order valence-electron chi connectivity index (χ2n) is 4.10. The third-order valence-corrected chi connectivity index (χ3v) is 3.25. The number of carbonyl (C=O) groups excluding carboxylic acids is 1. The lowest BCUT2D eigenvalue weighted by Crippen LogP contribution is -2.46. The molecule has 15 heavy (non-hydrogen) atoms. The van der Waals surface area contributed by atoms with Gasteiger partial charge in [0, 0.05) is 18.4 Å². The van der Waals surface area contributed by atoms with Crippen LogP contribution >= 0.6 is 11.8 Å². The van der Waals surface area contributed by atoms with Crippen molar-refractivity contribution >= 4 is 17.7 Å². The summed E-state index contributed by atoms with van der Waals surface area (Å²) in [6, 6.07) is -0.0285. The molecule has 0 saturated heterocycles. The average molecular weight is 234 g/mol. The van der Waals surface area contributed by atoms with Gasteiger partial charge in [-0.1, -0.05) is 20.8 Å². The molecule has 0 spiro atoms. The average Bonchev–Trinajstić information content (AvgIpc) is 2.15. The molecule has 2 unspecified atom stereocenters. The van der Waals surface area contributed by atoms with Crippen LogP contribution in [-0.2, 0) is 4.79 Å². The highest BCUT2D eigenvalue weighted by molar-refractivity contribution is 7.99. The zero-order valence-corrected chi connectivity index (χ0v) is 10.5. The molecule has 0 aliphatic rings. The Morgan fingerprint density at radius 3 is 2.40 bits per heavy atom. The number of rotatable bonds is 8. The van der Waals surface area contributed by atoms with Crippen molar-refractivity contribution in [3.63, 3.8) is 0 Å². The molecule has 5 heteroatoms. The van der Waals surface area contributed by atoms with Gasteiger partial charge in [-0.15, -0.1) is 0 Å². The quantitative estimate of drug-likeness (QED) is 0.561. The van der Waals surface area contributed by atoms with Crippen LogP contribution in [0.3, 0.4) is 0 Å². The van der Waals surface area contributed by atoms with Crippen molar-refractivity contribution in [3.05, 3.63) is 0 Å². The number of aliphatic hydroxyl groups is 1. The number of aliphatic hydroxyl groups excluding tert-OH is 1. The molecule has 0 bridgehead atoms. The SMILES string of the molecule is CC(CO)CSCC(NC(C)C)C(N)=O. The van der Waals surface area contributed by atoms with Crippen molar-refractivity contribution in [2.45, 2.75) is 32.9 Å². The van der Waals surface area contributed by atoms with Crippen molar-refractivity contribution in [1.82, 2.24) is 5.32 Å². The molecule has 0 aliphatic carbocycles. The van der Waals surface area contributed by atoms with Gasteiger partial charge in [0.25, 0.3) is 0 Å². The summed E-state index contributed by atoms with van der Waals surface area (Å²) in [4.78, 5) is 11.1. The van der Waals surface area contributed by atoms with E-state index in [1.165, 1.54) is 0 Å². The third kappa shape index (κ3) is 7.64. The molecule has 0 aromatic heterocycles. The highest BCUT2D eigenvalue weighted by Gasteiger charge is 2.16. The van der Waals surface area contributed by atoms with Crippen LogP contribution in [0.5, 0.6) is 0 Å². The lowest BCUT2D eigenvalue weighted by Gasteiger charge is -2.18. The Balaban J connectivity index is 3.81. The Kier molecular flexibility index (Phi) is 7.82. The molecule has 2 atom stereocenters. The number of nitrogens with one attached hydrogen (secondary N) is 1. The lowest BCUT2D eigenvalue weighted by molar-refractivity contribution is -0.119. The molecule has 0 radical (unpaired) electrons. The molecule has 1 amide bonds. The van der Waals surface area contributed by atoms with Gasteiger partial charge in [0.1, 0.15) is 0 Å². The molecule has 0 rings (SSSR count). The number of primary amides is 1. The minimum absolute atomic E-state index is 0.186. The molecule has 90 valence electrons. The van der Waals surface area contributed by atoms with E-state index >= 15 is 0 Å². The van der Waals surface area contributed by atoms with Crippen LogP contribution in [-0.4, -0.2) is 41.2 Å². The van der Waals surface area contributed by atoms with Gasteiger partial charge in [-0.05, 0) is 11.7 Å². The second kappa shape index (κ2) is 7.96. The summed E-state index contributed by atoms with van der Waals surface area (Å²) in [5.41, 5.74) is 5.27. The molecular formula is C10H22N2O2S. The van der Waals surface area contributed by atoms with Gasteiger partial charge in [-0.3, -0.25) is 4.79 Å². The van der Waals surface area contributed by atoms with Crippen LogP contribution in [0.4, 0.5) is 0 Å². The first-order chi connectivity index (χ1) is 6.97. The molecular weight excluding hydrogens is 212 g/mol. The zero-order chi connectivity index (χ0) is 11.8. The number of carbonyl (C=O) groups is 1. The van der Waals surface area contributed by atoms with E-state index in [1.54, 1.807) is 11.8 Å². The van der Waals surface area contributed by atoms with Gasteiger partial charge < -0.3 is 16.2 Å². The molecule has 0 aliphatic heterocycles. The Bertz CT molecular complexity index is 188. The highest BCUT2D eigenvalue weighted by atomic mass is 32.2. The first kappa shape index (κ1) is 14.7. The highest BCUT2D eigenvalue weighted by Crippen LogP contribution is 2.09. The Morgan fingerprint density at radius 2 is 2.00 bits per heavy atom. The zero-order valence-electron chi connectivity index (χ0n) is 9.69. The van der Waals surface area contributed by atoms with Crippen LogP contribution < -0.4 is 11.1 Å². The summed E-state index contributed by atoms with van der Waals surface area (Å²) in [7, 11) is 0. The van der Waals surface area contributed by atoms with Crippen LogP contribution in [0.2, 0.25) is 0 Å². The number of nitrogens with two attached hydrogens (primary N) is 1. The van der Waals surface area contributed by atoms with Crippen LogP contribution in [0.25, 0.3) is 0 Å². The van der Waals surface area contributed by atoms with Gasteiger partial charge in [0.15, 0.2) is 0 Å². The molecule has 0 saturated carbocycles. The van der Waals surface area contributed by atoms with Crippen LogP contribution in [0.15, 0.2) is 0 Å². The van der Waals surface area contributed by atoms with Crippen molar-refractivity contribution in [2.75, 3.05) is 18.1 Å². The van der Waals surface area contributed by atoms with Crippen molar-refractivity contribution in [2.24, 2.45) is 11.7 Å². The van der Waals surface area contributed by atoms with Gasteiger partial charge in [-0.2, -0.15) is 11.8 Å². The van der Waals surface area contributed by atoms with Crippen molar-refractivity contribution in [3.8, 4) is 0 Å². The van der Waals surface area contributed by atoms with E-state index in [9.17, 15) is 4.79 Å². The lowest BCUT2D eigenvalue weighted by atomic mass is 10.2. The summed E-state index contributed by atoms with van der Waals surface area (Å²) in [6.45, 7) is 6.13. The van der Waals surface area contributed by atoms with Crippen LogP contribution in [0, 0.1) is 5.92 Å². The Hall–Kier alpha value is -0.260. The van der Waals surface area contributed by atoms with Crippen molar-refractivity contribution in [1.29, 1.82) is 0 Å². The molecule has 0 aromatic carbocycles. The maximum atomic E-state index is 11.1. The van der Waals surface area contributed by atoms with E-state index in [-0.39, 0.29) is 30.5 Å². The summed E-state index contributed by atoms with van der Waals surface area (Å²) in [6.07, 6.45) is 0. The molecule has 4 N–H and O–H groups in total. The van der Waals surface area contributed by atoms with Crippen LogP contribution in [0.1, 0.15) is 20.8 Å². The topological polar surface area (TPSA) is 75.3 Å². The smallest absolute Gasteiger partial charge is 0.235 e. The second-order valence-corrected chi connectivity index (χ2v) is 5.18. The predicted octanol–water partition coefficient (Wildman–Crippen LogP) is 0.200. The summed E-state index contributed by atoms with van der Waals surface area (Å²) < 4.78 is 0. The fraction of sp³-hybridized carbons (Fsp3) is 0.900. The van der Waals surface area contributed by atoms with Gasteiger partial charge >= 0.3 is 0 Å². The predicted molar refractivity (Wildman–Crippen MR) is 64.8 cm³/mol. The van der Waals surface area contributed by atoms with Crippen molar-refractivity contribution < 1.29 is 9.90 Å². The minimum Gasteiger partial charge on any atom is -0.396 e. The summed E-state index contributed by atoms with van der Waals surface area (Å²) >= 11 is 1.64. The number of hydrogen-bond donors (Lipinski definition) is 3. The maximum Gasteiger partial charge on any atom is 0.235 e. The number of hydrogen-bond acceptors (Lipinski definition) is 4. The van der Waals surface area contributed by atoms with Gasteiger partial charge in [-0.25, -0.2) is 0 Å². The van der Waals surface area contributed by atoms with E-state index < -0.39 is 0 Å². The maximum absolute atomic E-state index is 11.1. The van der Waals surface area contributed by atoms with E-state index in [0.29, 0.717) is 5.75 Å². The molecule has 0 heterocycles. The number of thioether (sulfide) groups is 1. The Labute approximate surface area is 96.0 Å². The fourth-order valence-corrected chi connectivity index (χ4v) is 2.19. The summed E-state index contributed by atoms with van der Waals surface area (Å²) in [5, 5.41) is 11.9. The van der Waals surface area contributed by atoms with Gasteiger partial charge in [0.2, 0.25) is 5.91 Å². The summed E-state index contributed by atoms with van der Waals surface area (Å²) in [5.74, 6) is 1.47. The third-order valence-electron chi connectivity index (χ3n) is 1.88. The number of amides is 1. The minimum atomic E-state index is -0.312. The molecule has 0 aromatic rings. The largest absolute Gasteiger partial charge is 0.396 e. The molecule has 4 nitrogen and oxygen atoms in total. The van der Waals surface area contributed by atoms with E-state index in [2.05, 4.69) is 5.32 Å². The van der Waals surface area contributed by atoms with E-state index in [1.807, 2.05) is 20.8 Å². The molecule has 0 fully saturated rings. The van der Waals surface area contributed by atoms with E-state index in [4.69, 9.17) is 10.8 Å². The first-order valence-electron chi connectivity index (χ1n) is 5.21.